The van der Waals surface area contributed by atoms with Gasteiger partial charge in [0.1, 0.15) is 11.4 Å². The standard InChI is InChI=1S/C23H24F2N4O3S/c1-14(20(30)26-2)33-23-27-19(13-15-5-7-16(8-6-15)28(3)4)21(31)29(23)17-9-11-18(12-10-17)32-22(24)25/h5-14,22H,1-4H3,(H,26,30)/b19-13-. The molecule has 1 aliphatic rings. The number of nitrogens with one attached hydrogen (secondary N) is 1. The highest BCUT2D eigenvalue weighted by molar-refractivity contribution is 8.15. The lowest BCUT2D eigenvalue weighted by molar-refractivity contribution is -0.119. The minimum atomic E-state index is -2.95. The number of thioether (sulfide) groups is 1. The lowest BCUT2D eigenvalue weighted by atomic mass is 10.1. The Labute approximate surface area is 195 Å². The van der Waals surface area contributed by atoms with Crippen molar-refractivity contribution in [2.45, 2.75) is 18.8 Å². The molecule has 0 aliphatic carbocycles. The van der Waals surface area contributed by atoms with Crippen LogP contribution in [0, 0.1) is 0 Å². The fourth-order valence-electron chi connectivity index (χ4n) is 3.02. The van der Waals surface area contributed by atoms with Crippen molar-refractivity contribution in [3.05, 3.63) is 59.8 Å². The van der Waals surface area contributed by atoms with E-state index in [1.807, 2.05) is 43.3 Å². The number of anilines is 2. The number of amides is 2. The summed E-state index contributed by atoms with van der Waals surface area (Å²) in [6.45, 7) is -1.24. The van der Waals surface area contributed by atoms with Gasteiger partial charge in [0.25, 0.3) is 5.91 Å². The number of rotatable bonds is 7. The van der Waals surface area contributed by atoms with Crippen molar-refractivity contribution >= 4 is 46.2 Å². The summed E-state index contributed by atoms with van der Waals surface area (Å²) >= 11 is 1.13. The van der Waals surface area contributed by atoms with Gasteiger partial charge in [-0.05, 0) is 55.0 Å². The predicted octanol–water partition coefficient (Wildman–Crippen LogP) is 3.97. The predicted molar refractivity (Wildman–Crippen MR) is 128 cm³/mol. The molecule has 0 bridgehead atoms. The van der Waals surface area contributed by atoms with E-state index in [0.717, 1.165) is 23.0 Å². The molecule has 1 N–H and O–H groups in total. The van der Waals surface area contributed by atoms with Crippen LogP contribution in [0.4, 0.5) is 20.2 Å². The van der Waals surface area contributed by atoms with Crippen molar-refractivity contribution in [2.75, 3.05) is 30.9 Å². The molecule has 2 aromatic rings. The summed E-state index contributed by atoms with van der Waals surface area (Å²) in [5.41, 5.74) is 2.43. The van der Waals surface area contributed by atoms with Gasteiger partial charge in [-0.2, -0.15) is 8.78 Å². The van der Waals surface area contributed by atoms with Crippen LogP contribution < -0.4 is 19.9 Å². The summed E-state index contributed by atoms with van der Waals surface area (Å²) in [4.78, 5) is 33.1. The topological polar surface area (TPSA) is 74.2 Å². The SMILES string of the molecule is CNC(=O)C(C)SC1=N/C(=C\c2ccc(N(C)C)cc2)C(=O)N1c1ccc(OC(F)F)cc1. The molecule has 1 atom stereocenters. The average Bonchev–Trinajstić information content (AvgIpc) is 3.08. The molecule has 2 aromatic carbocycles. The minimum absolute atomic E-state index is 0.0259. The van der Waals surface area contributed by atoms with E-state index in [2.05, 4.69) is 15.0 Å². The number of halogens is 2. The number of hydrogen-bond donors (Lipinski definition) is 1. The molecule has 0 fully saturated rings. The van der Waals surface area contributed by atoms with Gasteiger partial charge in [0.05, 0.1) is 10.9 Å². The van der Waals surface area contributed by atoms with Crippen molar-refractivity contribution in [3.63, 3.8) is 0 Å². The number of aliphatic imine (C=N–C) groups is 1. The fraction of sp³-hybridized carbons (Fsp3) is 0.261. The molecule has 0 saturated carbocycles. The normalized spacial score (nSPS) is 15.6. The van der Waals surface area contributed by atoms with Crippen LogP contribution in [-0.2, 0) is 9.59 Å². The lowest BCUT2D eigenvalue weighted by Crippen LogP contribution is -2.34. The van der Waals surface area contributed by atoms with E-state index in [9.17, 15) is 18.4 Å². The molecule has 10 heteroatoms. The van der Waals surface area contributed by atoms with E-state index in [4.69, 9.17) is 0 Å². The number of carbonyl (C=O) groups is 2. The zero-order chi connectivity index (χ0) is 24.1. The Morgan fingerprint density at radius 1 is 1.15 bits per heavy atom. The van der Waals surface area contributed by atoms with Crippen LogP contribution in [0.3, 0.4) is 0 Å². The molecule has 1 heterocycles. The van der Waals surface area contributed by atoms with Crippen molar-refractivity contribution in [3.8, 4) is 5.75 Å². The summed E-state index contributed by atoms with van der Waals surface area (Å²) < 4.78 is 29.3. The summed E-state index contributed by atoms with van der Waals surface area (Å²) in [6, 6.07) is 13.3. The van der Waals surface area contributed by atoms with Gasteiger partial charge in [-0.1, -0.05) is 23.9 Å². The van der Waals surface area contributed by atoms with Crippen LogP contribution in [0.1, 0.15) is 12.5 Å². The van der Waals surface area contributed by atoms with Crippen LogP contribution in [0.25, 0.3) is 6.08 Å². The maximum atomic E-state index is 13.2. The summed E-state index contributed by atoms with van der Waals surface area (Å²) in [6.07, 6.45) is 1.67. The first-order valence-electron chi connectivity index (χ1n) is 10.0. The second-order valence-corrected chi connectivity index (χ2v) is 8.61. The number of benzene rings is 2. The Kier molecular flexibility index (Phi) is 7.70. The van der Waals surface area contributed by atoms with Gasteiger partial charge < -0.3 is 15.0 Å². The zero-order valence-corrected chi connectivity index (χ0v) is 19.4. The first-order valence-corrected chi connectivity index (χ1v) is 10.9. The van der Waals surface area contributed by atoms with Crippen LogP contribution in [0.2, 0.25) is 0 Å². The number of nitrogens with zero attached hydrogens (tertiary/aromatic N) is 3. The average molecular weight is 475 g/mol. The van der Waals surface area contributed by atoms with Gasteiger partial charge in [0.15, 0.2) is 5.17 Å². The largest absolute Gasteiger partial charge is 0.435 e. The van der Waals surface area contributed by atoms with Gasteiger partial charge in [-0.15, -0.1) is 0 Å². The molecule has 0 radical (unpaired) electrons. The van der Waals surface area contributed by atoms with E-state index in [0.29, 0.717) is 10.9 Å². The molecule has 0 aromatic heterocycles. The Morgan fingerprint density at radius 3 is 2.33 bits per heavy atom. The third-order valence-corrected chi connectivity index (χ3v) is 5.81. The van der Waals surface area contributed by atoms with E-state index < -0.39 is 11.9 Å². The molecule has 2 amide bonds. The third-order valence-electron chi connectivity index (χ3n) is 4.76. The first-order chi connectivity index (χ1) is 15.7. The molecule has 0 saturated heterocycles. The second-order valence-electron chi connectivity index (χ2n) is 7.30. The molecule has 7 nitrogen and oxygen atoms in total. The molecular weight excluding hydrogens is 450 g/mol. The number of ether oxygens (including phenoxy) is 1. The Hall–Kier alpha value is -3.40. The van der Waals surface area contributed by atoms with Gasteiger partial charge in [-0.25, -0.2) is 4.99 Å². The minimum Gasteiger partial charge on any atom is -0.435 e. The summed E-state index contributed by atoms with van der Waals surface area (Å²) in [5.74, 6) is -0.629. The van der Waals surface area contributed by atoms with Crippen molar-refractivity contribution in [1.29, 1.82) is 0 Å². The highest BCUT2D eigenvalue weighted by Crippen LogP contribution is 2.32. The second kappa shape index (κ2) is 10.5. The van der Waals surface area contributed by atoms with Gasteiger partial charge in [0.2, 0.25) is 5.91 Å². The van der Waals surface area contributed by atoms with Crippen molar-refractivity contribution in [1.82, 2.24) is 5.32 Å². The Balaban J connectivity index is 1.94. The Bertz CT molecular complexity index is 1070. The maximum Gasteiger partial charge on any atom is 0.387 e. The quantitative estimate of drug-likeness (QED) is 0.615. The number of alkyl halides is 2. The monoisotopic (exact) mass is 474 g/mol. The zero-order valence-electron chi connectivity index (χ0n) is 18.6. The number of carbonyl (C=O) groups excluding carboxylic acids is 2. The number of amidine groups is 1. The Morgan fingerprint density at radius 2 is 1.79 bits per heavy atom. The third kappa shape index (κ3) is 5.89. The van der Waals surface area contributed by atoms with Crippen LogP contribution in [-0.4, -0.2) is 50.0 Å². The van der Waals surface area contributed by atoms with Gasteiger partial charge >= 0.3 is 6.61 Å². The summed E-state index contributed by atoms with van der Waals surface area (Å²) in [5, 5.41) is 2.38. The van der Waals surface area contributed by atoms with Crippen molar-refractivity contribution < 1.29 is 23.1 Å². The van der Waals surface area contributed by atoms with E-state index in [1.165, 1.54) is 36.2 Å². The van der Waals surface area contributed by atoms with Crippen LogP contribution in [0.5, 0.6) is 5.75 Å². The molecule has 1 unspecified atom stereocenters. The van der Waals surface area contributed by atoms with Gasteiger partial charge in [-0.3, -0.25) is 14.5 Å². The van der Waals surface area contributed by atoms with Crippen LogP contribution in [0.15, 0.2) is 59.2 Å². The summed E-state index contributed by atoms with van der Waals surface area (Å²) in [7, 11) is 5.40. The molecule has 0 spiro atoms. The maximum absolute atomic E-state index is 13.2. The van der Waals surface area contributed by atoms with E-state index >= 15 is 0 Å². The molecule has 33 heavy (non-hydrogen) atoms. The van der Waals surface area contributed by atoms with E-state index in [-0.39, 0.29) is 23.3 Å². The molecular formula is C23H24F2N4O3S. The highest BCUT2D eigenvalue weighted by atomic mass is 32.2. The highest BCUT2D eigenvalue weighted by Gasteiger charge is 2.34. The van der Waals surface area contributed by atoms with Gasteiger partial charge in [0, 0.05) is 26.8 Å². The molecule has 3 rings (SSSR count). The lowest BCUT2D eigenvalue weighted by Gasteiger charge is -2.20. The van der Waals surface area contributed by atoms with E-state index in [1.54, 1.807) is 13.0 Å². The van der Waals surface area contributed by atoms with Crippen LogP contribution >= 0.6 is 11.8 Å². The molecule has 1 aliphatic heterocycles. The fourth-order valence-corrected chi connectivity index (χ4v) is 4.01. The van der Waals surface area contributed by atoms with Crippen molar-refractivity contribution in [2.24, 2.45) is 4.99 Å². The molecule has 174 valence electrons. The first kappa shape index (κ1) is 24.2. The number of hydrogen-bond acceptors (Lipinski definition) is 6. The smallest absolute Gasteiger partial charge is 0.387 e.